The van der Waals surface area contributed by atoms with Crippen molar-refractivity contribution in [3.8, 4) is 0 Å². The molecule has 0 aromatic heterocycles. The zero-order valence-corrected chi connectivity index (χ0v) is 9.01. The van der Waals surface area contributed by atoms with Crippen LogP contribution in [0.5, 0.6) is 0 Å². The van der Waals surface area contributed by atoms with Crippen molar-refractivity contribution in [3.63, 3.8) is 0 Å². The van der Waals surface area contributed by atoms with Crippen LogP contribution in [0, 0.1) is 0 Å². The third-order valence-corrected chi connectivity index (χ3v) is 1.38. The van der Waals surface area contributed by atoms with Crippen LogP contribution < -0.4 is 11.5 Å². The Hall–Kier alpha value is -1.18. The topological polar surface area (TPSA) is 136 Å². The summed E-state index contributed by atoms with van der Waals surface area (Å²) in [6.07, 6.45) is -0.850. The molecule has 6 N–H and O–H groups in total. The molecular weight excluding hydrogens is 204 g/mol. The predicted molar refractivity (Wildman–Crippen MR) is 53.0 cm³/mol. The van der Waals surface area contributed by atoms with Crippen LogP contribution in [-0.4, -0.2) is 47.4 Å². The number of aliphatic hydroxyl groups is 1. The van der Waals surface area contributed by atoms with E-state index >= 15 is 0 Å². The fourth-order valence-electron chi connectivity index (χ4n) is 0.333. The molecule has 90 valence electrons. The molecule has 0 aromatic carbocycles. The lowest BCUT2D eigenvalue weighted by Crippen LogP contribution is -2.40. The number of esters is 1. The van der Waals surface area contributed by atoms with E-state index in [1.54, 1.807) is 0 Å². The Morgan fingerprint density at radius 3 is 1.67 bits per heavy atom. The number of ether oxygens (including phenoxy) is 1. The average Bonchev–Trinajstić information content (AvgIpc) is 2.16. The molecule has 0 radical (unpaired) electrons. The van der Waals surface area contributed by atoms with E-state index in [4.69, 9.17) is 21.7 Å². The molecule has 0 fully saturated rings. The van der Waals surface area contributed by atoms with Crippen LogP contribution >= 0.6 is 0 Å². The summed E-state index contributed by atoms with van der Waals surface area (Å²) in [5.74, 6) is -1.56. The van der Waals surface area contributed by atoms with E-state index < -0.39 is 30.1 Å². The molecule has 0 saturated heterocycles. The Morgan fingerprint density at radius 2 is 1.60 bits per heavy atom. The lowest BCUT2D eigenvalue weighted by atomic mass is 10.2. The van der Waals surface area contributed by atoms with Gasteiger partial charge in [0.25, 0.3) is 0 Å². The molecule has 0 rings (SSSR count). The molecule has 0 amide bonds. The van der Waals surface area contributed by atoms with E-state index in [9.17, 15) is 9.59 Å². The second kappa shape index (κ2) is 8.16. The second-order valence-corrected chi connectivity index (χ2v) is 2.92. The highest BCUT2D eigenvalue weighted by Crippen LogP contribution is 1.89. The Morgan fingerprint density at radius 1 is 1.27 bits per heavy atom. The average molecular weight is 222 g/mol. The van der Waals surface area contributed by atoms with Crippen molar-refractivity contribution < 1.29 is 24.5 Å². The molecular formula is C8H18N2O5. The molecule has 0 spiro atoms. The van der Waals surface area contributed by atoms with Crippen molar-refractivity contribution in [2.24, 2.45) is 11.5 Å². The van der Waals surface area contributed by atoms with Gasteiger partial charge in [0.15, 0.2) is 0 Å². The summed E-state index contributed by atoms with van der Waals surface area (Å²) in [7, 11) is 1.23. The van der Waals surface area contributed by atoms with Crippen molar-refractivity contribution in [1.82, 2.24) is 0 Å². The van der Waals surface area contributed by atoms with Crippen LogP contribution in [0.2, 0.25) is 0 Å². The van der Waals surface area contributed by atoms with Gasteiger partial charge in [-0.3, -0.25) is 9.59 Å². The molecule has 0 aliphatic carbocycles. The number of nitrogens with two attached hydrogens (primary N) is 2. The van der Waals surface area contributed by atoms with Gasteiger partial charge in [0.2, 0.25) is 0 Å². The van der Waals surface area contributed by atoms with Gasteiger partial charge in [-0.25, -0.2) is 0 Å². The Labute approximate surface area is 88.0 Å². The quantitative estimate of drug-likeness (QED) is 0.417. The number of carboxylic acids is 1. The van der Waals surface area contributed by atoms with Crippen LogP contribution in [0.3, 0.4) is 0 Å². The maximum atomic E-state index is 10.4. The van der Waals surface area contributed by atoms with Gasteiger partial charge < -0.3 is 26.4 Å². The number of carbonyl (C=O) groups is 2. The summed E-state index contributed by atoms with van der Waals surface area (Å²) in [5.41, 5.74) is 9.98. The van der Waals surface area contributed by atoms with Crippen LogP contribution in [0.15, 0.2) is 0 Å². The summed E-state index contributed by atoms with van der Waals surface area (Å²) >= 11 is 0. The normalized spacial score (nSPS) is 15.3. The summed E-state index contributed by atoms with van der Waals surface area (Å²) in [6, 6.07) is -1.65. The summed E-state index contributed by atoms with van der Waals surface area (Å²) < 4.78 is 4.25. The molecule has 7 heteroatoms. The van der Waals surface area contributed by atoms with Gasteiger partial charge in [-0.05, 0) is 13.8 Å². The minimum Gasteiger partial charge on any atom is -0.480 e. The van der Waals surface area contributed by atoms with Gasteiger partial charge in [0, 0.05) is 0 Å². The van der Waals surface area contributed by atoms with Gasteiger partial charge in [-0.1, -0.05) is 0 Å². The number of aliphatic hydroxyl groups excluding tert-OH is 1. The highest BCUT2D eigenvalue weighted by Gasteiger charge is 2.18. The zero-order chi connectivity index (χ0) is 12.6. The Bertz CT molecular complexity index is 205. The molecule has 0 aliphatic heterocycles. The Kier molecular flexibility index (Phi) is 8.84. The van der Waals surface area contributed by atoms with Crippen LogP contribution in [0.25, 0.3) is 0 Å². The summed E-state index contributed by atoms with van der Waals surface area (Å²) in [4.78, 5) is 20.0. The monoisotopic (exact) mass is 222 g/mol. The first-order valence-corrected chi connectivity index (χ1v) is 4.23. The first kappa shape index (κ1) is 16.3. The maximum Gasteiger partial charge on any atom is 0.325 e. The molecule has 0 aromatic rings. The van der Waals surface area contributed by atoms with Gasteiger partial charge in [-0.2, -0.15) is 0 Å². The number of hydrogen-bond acceptors (Lipinski definition) is 6. The molecule has 3 atom stereocenters. The second-order valence-electron chi connectivity index (χ2n) is 2.92. The number of carboxylic acid groups (broad SMARTS) is 1. The minimum atomic E-state index is -0.963. The van der Waals surface area contributed by atoms with E-state index in [2.05, 4.69) is 4.74 Å². The van der Waals surface area contributed by atoms with Gasteiger partial charge >= 0.3 is 11.9 Å². The van der Waals surface area contributed by atoms with Crippen LogP contribution in [0.4, 0.5) is 0 Å². The van der Waals surface area contributed by atoms with Crippen molar-refractivity contribution in [2.75, 3.05) is 7.11 Å². The standard InChI is InChI=1S/C5H11NO3.C3H7NO2/c1-3(7)4(6)5(8)9-2;1-2(4)3(5)6/h3-4,7H,6H2,1-2H3;2H,4H2,1H3,(H,5,6)/t3-,4+;2-/m10/s1. The van der Waals surface area contributed by atoms with E-state index in [-0.39, 0.29) is 0 Å². The van der Waals surface area contributed by atoms with Crippen molar-refractivity contribution in [3.05, 3.63) is 0 Å². The van der Waals surface area contributed by atoms with Gasteiger partial charge in [-0.15, -0.1) is 0 Å². The summed E-state index contributed by atoms with van der Waals surface area (Å²) in [5, 5.41) is 16.6. The molecule has 0 heterocycles. The number of aliphatic carboxylic acids is 1. The highest BCUT2D eigenvalue weighted by atomic mass is 16.5. The first-order chi connectivity index (χ1) is 6.73. The van der Waals surface area contributed by atoms with E-state index in [0.29, 0.717) is 0 Å². The third kappa shape index (κ3) is 9.13. The first-order valence-electron chi connectivity index (χ1n) is 4.23. The number of methoxy groups -OCH3 is 1. The lowest BCUT2D eigenvalue weighted by Gasteiger charge is -2.10. The largest absolute Gasteiger partial charge is 0.480 e. The zero-order valence-electron chi connectivity index (χ0n) is 9.01. The van der Waals surface area contributed by atoms with Gasteiger partial charge in [0.05, 0.1) is 13.2 Å². The van der Waals surface area contributed by atoms with Gasteiger partial charge in [0.1, 0.15) is 12.1 Å². The molecule has 0 bridgehead atoms. The summed E-state index contributed by atoms with van der Waals surface area (Å²) in [6.45, 7) is 2.85. The van der Waals surface area contributed by atoms with E-state index in [1.807, 2.05) is 0 Å². The molecule has 0 aliphatic rings. The molecule has 7 nitrogen and oxygen atoms in total. The van der Waals surface area contributed by atoms with E-state index in [1.165, 1.54) is 21.0 Å². The van der Waals surface area contributed by atoms with E-state index in [0.717, 1.165) is 0 Å². The SMILES string of the molecule is COC(=O)[C@@H](N)[C@@H](C)O.C[C@H](N)C(=O)O. The van der Waals surface area contributed by atoms with Crippen LogP contribution in [-0.2, 0) is 14.3 Å². The molecule has 0 unspecified atom stereocenters. The Balaban J connectivity index is 0. The predicted octanol–water partition coefficient (Wildman–Crippen LogP) is -1.71. The minimum absolute atomic E-state index is 0.593. The fourth-order valence-corrected chi connectivity index (χ4v) is 0.333. The van der Waals surface area contributed by atoms with Crippen molar-refractivity contribution in [2.45, 2.75) is 32.0 Å². The smallest absolute Gasteiger partial charge is 0.325 e. The van der Waals surface area contributed by atoms with Crippen molar-refractivity contribution in [1.29, 1.82) is 0 Å². The maximum absolute atomic E-state index is 10.4. The number of hydrogen-bond donors (Lipinski definition) is 4. The molecule has 0 saturated carbocycles. The van der Waals surface area contributed by atoms with Crippen LogP contribution in [0.1, 0.15) is 13.8 Å². The highest BCUT2D eigenvalue weighted by molar-refractivity contribution is 5.75. The van der Waals surface area contributed by atoms with Crippen molar-refractivity contribution >= 4 is 11.9 Å². The number of carbonyl (C=O) groups excluding carboxylic acids is 1. The third-order valence-electron chi connectivity index (χ3n) is 1.38. The molecule has 15 heavy (non-hydrogen) atoms. The number of rotatable bonds is 3. The lowest BCUT2D eigenvalue weighted by molar-refractivity contribution is -0.144. The fraction of sp³-hybridized carbons (Fsp3) is 0.750.